The van der Waals surface area contributed by atoms with Gasteiger partial charge in [0.1, 0.15) is 12.6 Å². The smallest absolute Gasteiger partial charge is 0.329 e. The van der Waals surface area contributed by atoms with Gasteiger partial charge < -0.3 is 15.0 Å². The van der Waals surface area contributed by atoms with Gasteiger partial charge in [-0.2, -0.15) is 0 Å². The number of ether oxygens (including phenoxy) is 1. The van der Waals surface area contributed by atoms with Crippen LogP contribution in [0, 0.1) is 0 Å². The van der Waals surface area contributed by atoms with Gasteiger partial charge >= 0.3 is 11.3 Å². The molecule has 6 nitrogen and oxygen atoms in total. The van der Waals surface area contributed by atoms with Crippen LogP contribution in [0.5, 0.6) is 0 Å². The van der Waals surface area contributed by atoms with E-state index in [1.807, 2.05) is 36.4 Å². The van der Waals surface area contributed by atoms with Crippen LogP contribution >= 0.6 is 11.6 Å². The zero-order valence-corrected chi connectivity index (χ0v) is 16.0. The number of esters is 1. The molecule has 0 saturated carbocycles. The first-order valence-electron chi connectivity index (χ1n) is 9.07. The Balaban J connectivity index is 1.58. The Kier molecular flexibility index (Phi) is 6.66. The van der Waals surface area contributed by atoms with Crippen molar-refractivity contribution in [2.45, 2.75) is 31.5 Å². The van der Waals surface area contributed by atoms with Crippen LogP contribution < -0.4 is 5.32 Å². The third-order valence-corrected chi connectivity index (χ3v) is 4.89. The minimum atomic E-state index is -0.751. The van der Waals surface area contributed by atoms with Crippen LogP contribution in [0.2, 0.25) is 0 Å². The Hall–Kier alpha value is -2.86. The van der Waals surface area contributed by atoms with Gasteiger partial charge in [-0.25, -0.2) is 4.79 Å². The summed E-state index contributed by atoms with van der Waals surface area (Å²) in [6.45, 7) is 0.292. The predicted molar refractivity (Wildman–Crippen MR) is 105 cm³/mol. The normalized spacial score (nSPS) is 19.0. The lowest BCUT2D eigenvalue weighted by Crippen LogP contribution is -2.55. The zero-order chi connectivity index (χ0) is 19.9. The minimum absolute atomic E-state index is 0.134. The van der Waals surface area contributed by atoms with Crippen molar-refractivity contribution >= 4 is 28.8 Å². The van der Waals surface area contributed by atoms with Crippen molar-refractivity contribution in [3.8, 4) is 0 Å². The second kappa shape index (κ2) is 9.37. The molecule has 7 heteroatoms. The number of nitrogens with one attached hydrogen (secondary N) is 1. The maximum absolute atomic E-state index is 12.5. The summed E-state index contributed by atoms with van der Waals surface area (Å²) >= 11 is 5.70. The van der Waals surface area contributed by atoms with Crippen molar-refractivity contribution in [2.24, 2.45) is 0 Å². The van der Waals surface area contributed by atoms with Crippen molar-refractivity contribution in [3.63, 3.8) is 0 Å². The van der Waals surface area contributed by atoms with Crippen molar-refractivity contribution in [3.05, 3.63) is 71.8 Å². The van der Waals surface area contributed by atoms with Gasteiger partial charge in [-0.15, -0.1) is 0 Å². The van der Waals surface area contributed by atoms with E-state index in [4.69, 9.17) is 16.3 Å². The third kappa shape index (κ3) is 5.10. The fraction of sp³-hybridized carbons (Fsp3) is 0.286. The number of carbonyl (C=O) groups excluding carboxylic acids is 3. The molecule has 0 bridgehead atoms. The number of rotatable bonds is 5. The lowest BCUT2D eigenvalue weighted by molar-refractivity contribution is -0.151. The van der Waals surface area contributed by atoms with Crippen LogP contribution in [-0.2, 0) is 16.1 Å². The number of amides is 2. The first kappa shape index (κ1) is 19.9. The number of piperidine rings is 1. The van der Waals surface area contributed by atoms with Crippen LogP contribution in [0.1, 0.15) is 28.8 Å². The average Bonchev–Trinajstić information content (AvgIpc) is 2.73. The second-order valence-corrected chi connectivity index (χ2v) is 6.95. The van der Waals surface area contributed by atoms with Crippen molar-refractivity contribution in [2.75, 3.05) is 6.54 Å². The minimum Gasteiger partial charge on any atom is -0.459 e. The number of halogens is 1. The monoisotopic (exact) mass is 400 g/mol. The molecular formula is C21H21ClN2O4. The summed E-state index contributed by atoms with van der Waals surface area (Å²) in [4.78, 5) is 37.9. The third-order valence-electron chi connectivity index (χ3n) is 4.67. The van der Waals surface area contributed by atoms with E-state index >= 15 is 0 Å². The highest BCUT2D eigenvalue weighted by atomic mass is 35.5. The van der Waals surface area contributed by atoms with Crippen LogP contribution in [0.25, 0.3) is 0 Å². The Bertz CT molecular complexity index is 829. The number of nitrogens with zero attached hydrogens (tertiary/aromatic N) is 1. The van der Waals surface area contributed by atoms with Crippen molar-refractivity contribution in [1.29, 1.82) is 0 Å². The predicted octanol–water partition coefficient (Wildman–Crippen LogP) is 3.35. The molecule has 146 valence electrons. The van der Waals surface area contributed by atoms with Crippen LogP contribution in [0.4, 0.5) is 4.79 Å². The van der Waals surface area contributed by atoms with E-state index in [2.05, 4.69) is 5.32 Å². The molecule has 0 spiro atoms. The Morgan fingerprint density at radius 1 is 1.00 bits per heavy atom. The van der Waals surface area contributed by atoms with E-state index in [9.17, 15) is 14.4 Å². The molecule has 3 rings (SSSR count). The quantitative estimate of drug-likeness (QED) is 0.474. The van der Waals surface area contributed by atoms with Gasteiger partial charge in [0, 0.05) is 18.2 Å². The van der Waals surface area contributed by atoms with Gasteiger partial charge in [-0.1, -0.05) is 48.5 Å². The molecule has 0 aromatic heterocycles. The van der Waals surface area contributed by atoms with Crippen LogP contribution in [-0.4, -0.2) is 40.8 Å². The molecule has 0 radical (unpaired) electrons. The summed E-state index contributed by atoms with van der Waals surface area (Å²) in [7, 11) is 0. The lowest BCUT2D eigenvalue weighted by atomic mass is 9.98. The molecule has 1 N–H and O–H groups in total. The Morgan fingerprint density at radius 3 is 2.29 bits per heavy atom. The average molecular weight is 401 g/mol. The summed E-state index contributed by atoms with van der Waals surface area (Å²) in [6.07, 6.45) is 0.913. The number of likely N-dealkylation sites (tertiary alicyclic amines) is 1. The molecule has 1 aliphatic rings. The number of hydrogen-bond acceptors (Lipinski definition) is 4. The number of hydrogen-bond donors (Lipinski definition) is 1. The van der Waals surface area contributed by atoms with E-state index in [1.54, 1.807) is 24.3 Å². The molecule has 2 atom stereocenters. The standard InChI is InChI=1S/C21H21ClN2O4/c22-21(27)24-13-17(23-19(25)16-9-5-2-6-10-16)11-12-18(24)20(26)28-14-15-7-3-1-4-8-15/h1-10,17-18H,11-14H2,(H,23,25). The Labute approximate surface area is 168 Å². The maximum atomic E-state index is 12.5. The molecule has 0 aliphatic carbocycles. The highest BCUT2D eigenvalue weighted by Crippen LogP contribution is 2.21. The van der Waals surface area contributed by atoms with Gasteiger partial charge in [0.15, 0.2) is 0 Å². The molecule has 28 heavy (non-hydrogen) atoms. The van der Waals surface area contributed by atoms with E-state index in [0.717, 1.165) is 5.56 Å². The molecule has 2 aromatic rings. The fourth-order valence-corrected chi connectivity index (χ4v) is 3.40. The van der Waals surface area contributed by atoms with Crippen LogP contribution in [0.15, 0.2) is 60.7 Å². The first-order chi connectivity index (χ1) is 13.5. The topological polar surface area (TPSA) is 75.7 Å². The highest BCUT2D eigenvalue weighted by molar-refractivity contribution is 6.63. The largest absolute Gasteiger partial charge is 0.459 e. The summed E-state index contributed by atoms with van der Waals surface area (Å²) in [5.41, 5.74) is 1.40. The van der Waals surface area contributed by atoms with Gasteiger partial charge in [0.25, 0.3) is 5.91 Å². The molecule has 1 fully saturated rings. The number of benzene rings is 2. The molecule has 2 amide bonds. The molecule has 2 unspecified atom stereocenters. The highest BCUT2D eigenvalue weighted by Gasteiger charge is 2.37. The van der Waals surface area contributed by atoms with E-state index in [-0.39, 0.29) is 25.1 Å². The maximum Gasteiger partial charge on any atom is 0.329 e. The summed E-state index contributed by atoms with van der Waals surface area (Å²) < 4.78 is 5.35. The zero-order valence-electron chi connectivity index (χ0n) is 15.2. The van der Waals surface area contributed by atoms with Crippen molar-refractivity contribution in [1.82, 2.24) is 10.2 Å². The second-order valence-electron chi connectivity index (χ2n) is 6.63. The molecule has 1 aliphatic heterocycles. The lowest BCUT2D eigenvalue weighted by Gasteiger charge is -2.37. The fourth-order valence-electron chi connectivity index (χ4n) is 3.21. The first-order valence-corrected chi connectivity index (χ1v) is 9.45. The molecule has 2 aromatic carbocycles. The summed E-state index contributed by atoms with van der Waals surface area (Å²) in [5.74, 6) is -0.719. The van der Waals surface area contributed by atoms with Gasteiger partial charge in [-0.3, -0.25) is 9.59 Å². The number of carbonyl (C=O) groups is 3. The summed E-state index contributed by atoms with van der Waals surface area (Å²) in [6, 6.07) is 17.1. The molecule has 1 saturated heterocycles. The van der Waals surface area contributed by atoms with Gasteiger partial charge in [0.05, 0.1) is 0 Å². The van der Waals surface area contributed by atoms with E-state index < -0.39 is 17.4 Å². The molecular weight excluding hydrogens is 380 g/mol. The molecule has 1 heterocycles. The van der Waals surface area contributed by atoms with E-state index in [0.29, 0.717) is 18.4 Å². The van der Waals surface area contributed by atoms with Gasteiger partial charge in [0.2, 0.25) is 0 Å². The SMILES string of the molecule is O=C(NC1CCC(C(=O)OCc2ccccc2)N(C(=O)Cl)C1)c1ccccc1. The van der Waals surface area contributed by atoms with E-state index in [1.165, 1.54) is 4.90 Å². The van der Waals surface area contributed by atoms with Crippen LogP contribution in [0.3, 0.4) is 0 Å². The summed E-state index contributed by atoms with van der Waals surface area (Å²) in [5, 5.41) is 2.16. The van der Waals surface area contributed by atoms with Crippen molar-refractivity contribution < 1.29 is 19.1 Å². The van der Waals surface area contributed by atoms with Gasteiger partial charge in [-0.05, 0) is 42.1 Å². The Morgan fingerprint density at radius 2 is 1.64 bits per heavy atom.